The van der Waals surface area contributed by atoms with E-state index < -0.39 is 0 Å². The lowest BCUT2D eigenvalue weighted by Gasteiger charge is -2.31. The van der Waals surface area contributed by atoms with Gasteiger partial charge in [-0.25, -0.2) is 4.79 Å². The van der Waals surface area contributed by atoms with E-state index in [0.717, 1.165) is 25.9 Å². The Kier molecular flexibility index (Phi) is 4.02. The summed E-state index contributed by atoms with van der Waals surface area (Å²) in [5, 5.41) is 2.81. The summed E-state index contributed by atoms with van der Waals surface area (Å²) in [6, 6.07) is 0.0562. The van der Waals surface area contributed by atoms with Crippen LogP contribution in [0.2, 0.25) is 0 Å². The van der Waals surface area contributed by atoms with Crippen molar-refractivity contribution in [2.75, 3.05) is 26.2 Å². The van der Waals surface area contributed by atoms with Gasteiger partial charge in [-0.05, 0) is 32.2 Å². The van der Waals surface area contributed by atoms with Crippen LogP contribution in [0.5, 0.6) is 0 Å². The number of hydrogen-bond donors (Lipinski definition) is 2. The Hall–Kier alpha value is -0.770. The van der Waals surface area contributed by atoms with E-state index in [1.54, 1.807) is 0 Å². The highest BCUT2D eigenvalue weighted by Crippen LogP contribution is 2.14. The van der Waals surface area contributed by atoms with E-state index in [2.05, 4.69) is 5.32 Å². The zero-order valence-corrected chi connectivity index (χ0v) is 8.25. The number of hydrogen-bond acceptors (Lipinski definition) is 2. The van der Waals surface area contributed by atoms with Crippen LogP contribution in [0.4, 0.5) is 4.79 Å². The zero-order chi connectivity index (χ0) is 9.68. The third-order valence-corrected chi connectivity index (χ3v) is 2.47. The van der Waals surface area contributed by atoms with Gasteiger partial charge in [-0.1, -0.05) is 0 Å². The van der Waals surface area contributed by atoms with Crippen molar-refractivity contribution in [2.45, 2.75) is 19.8 Å². The highest BCUT2D eigenvalue weighted by Gasteiger charge is 2.21. The number of nitrogens with two attached hydrogens (primary N) is 1. The Morgan fingerprint density at radius 1 is 1.69 bits per heavy atom. The predicted molar refractivity (Wildman–Crippen MR) is 52.4 cm³/mol. The molecule has 13 heavy (non-hydrogen) atoms. The molecule has 1 unspecified atom stereocenters. The average Bonchev–Trinajstić information content (AvgIpc) is 2.18. The average molecular weight is 185 g/mol. The number of piperidine rings is 1. The Balaban J connectivity index is 2.37. The summed E-state index contributed by atoms with van der Waals surface area (Å²) in [4.78, 5) is 13.3. The van der Waals surface area contributed by atoms with Crippen molar-refractivity contribution in [1.82, 2.24) is 10.2 Å². The third kappa shape index (κ3) is 2.88. The molecule has 76 valence electrons. The molecule has 4 nitrogen and oxygen atoms in total. The second-order valence-corrected chi connectivity index (χ2v) is 3.53. The number of nitrogens with zero attached hydrogens (tertiary/aromatic N) is 1. The van der Waals surface area contributed by atoms with E-state index in [0.29, 0.717) is 19.0 Å². The van der Waals surface area contributed by atoms with Gasteiger partial charge in [0.15, 0.2) is 0 Å². The smallest absolute Gasteiger partial charge is 0.317 e. The SMILES string of the molecule is CCNC(=O)N1CCCC(CN)C1. The molecular formula is C9H19N3O. The summed E-state index contributed by atoms with van der Waals surface area (Å²) < 4.78 is 0. The molecule has 0 bridgehead atoms. The summed E-state index contributed by atoms with van der Waals surface area (Å²) in [6.45, 7) is 5.02. The molecule has 1 atom stereocenters. The molecule has 2 amide bonds. The lowest BCUT2D eigenvalue weighted by atomic mass is 9.99. The highest BCUT2D eigenvalue weighted by molar-refractivity contribution is 5.74. The van der Waals surface area contributed by atoms with Gasteiger partial charge in [0.1, 0.15) is 0 Å². The standard InChI is InChI=1S/C9H19N3O/c1-2-11-9(13)12-5-3-4-8(6-10)7-12/h8H,2-7,10H2,1H3,(H,11,13). The number of likely N-dealkylation sites (tertiary alicyclic amines) is 1. The van der Waals surface area contributed by atoms with Crippen LogP contribution in [0, 0.1) is 5.92 Å². The molecule has 0 aromatic rings. The Labute approximate surface area is 79.5 Å². The number of carbonyl (C=O) groups excluding carboxylic acids is 1. The quantitative estimate of drug-likeness (QED) is 0.653. The molecule has 1 fully saturated rings. The number of nitrogens with one attached hydrogen (secondary N) is 1. The summed E-state index contributed by atoms with van der Waals surface area (Å²) in [7, 11) is 0. The first kappa shape index (κ1) is 10.3. The van der Waals surface area contributed by atoms with Gasteiger partial charge in [-0.3, -0.25) is 0 Å². The molecule has 0 aromatic heterocycles. The van der Waals surface area contributed by atoms with Crippen LogP contribution in [-0.2, 0) is 0 Å². The molecule has 0 aliphatic carbocycles. The monoisotopic (exact) mass is 185 g/mol. The lowest BCUT2D eigenvalue weighted by molar-refractivity contribution is 0.168. The predicted octanol–water partition coefficient (Wildman–Crippen LogP) is 0.387. The van der Waals surface area contributed by atoms with Crippen LogP contribution in [0.15, 0.2) is 0 Å². The van der Waals surface area contributed by atoms with E-state index in [9.17, 15) is 4.79 Å². The molecule has 1 rings (SSSR count). The first-order valence-electron chi connectivity index (χ1n) is 5.00. The summed E-state index contributed by atoms with van der Waals surface area (Å²) in [5.41, 5.74) is 5.58. The minimum absolute atomic E-state index is 0.0562. The van der Waals surface area contributed by atoms with E-state index in [1.807, 2.05) is 11.8 Å². The van der Waals surface area contributed by atoms with Gasteiger partial charge in [0.2, 0.25) is 0 Å². The van der Waals surface area contributed by atoms with E-state index in [-0.39, 0.29) is 6.03 Å². The Bertz CT molecular complexity index is 172. The molecule has 0 saturated carbocycles. The second kappa shape index (κ2) is 5.07. The van der Waals surface area contributed by atoms with Crippen molar-refractivity contribution in [3.8, 4) is 0 Å². The van der Waals surface area contributed by atoms with Gasteiger partial charge < -0.3 is 16.0 Å². The van der Waals surface area contributed by atoms with Crippen molar-refractivity contribution in [3.63, 3.8) is 0 Å². The third-order valence-electron chi connectivity index (χ3n) is 2.47. The Morgan fingerprint density at radius 2 is 2.46 bits per heavy atom. The fraction of sp³-hybridized carbons (Fsp3) is 0.889. The highest BCUT2D eigenvalue weighted by atomic mass is 16.2. The van der Waals surface area contributed by atoms with Crippen LogP contribution in [0.3, 0.4) is 0 Å². The van der Waals surface area contributed by atoms with Crippen LogP contribution >= 0.6 is 0 Å². The molecule has 4 heteroatoms. The molecule has 0 aromatic carbocycles. The topological polar surface area (TPSA) is 58.4 Å². The molecular weight excluding hydrogens is 166 g/mol. The molecule has 1 aliphatic heterocycles. The van der Waals surface area contributed by atoms with Crippen molar-refractivity contribution >= 4 is 6.03 Å². The van der Waals surface area contributed by atoms with Gasteiger partial charge >= 0.3 is 6.03 Å². The van der Waals surface area contributed by atoms with Crippen molar-refractivity contribution in [1.29, 1.82) is 0 Å². The minimum atomic E-state index is 0.0562. The van der Waals surface area contributed by atoms with Gasteiger partial charge in [0, 0.05) is 19.6 Å². The van der Waals surface area contributed by atoms with Gasteiger partial charge in [-0.2, -0.15) is 0 Å². The number of urea groups is 1. The maximum Gasteiger partial charge on any atom is 0.317 e. The molecule has 0 spiro atoms. The van der Waals surface area contributed by atoms with E-state index >= 15 is 0 Å². The van der Waals surface area contributed by atoms with Gasteiger partial charge in [0.25, 0.3) is 0 Å². The lowest BCUT2D eigenvalue weighted by Crippen LogP contribution is -2.46. The molecule has 0 radical (unpaired) electrons. The van der Waals surface area contributed by atoms with E-state index in [4.69, 9.17) is 5.73 Å². The first-order chi connectivity index (χ1) is 6.27. The fourth-order valence-corrected chi connectivity index (χ4v) is 1.70. The second-order valence-electron chi connectivity index (χ2n) is 3.53. The number of carbonyl (C=O) groups is 1. The molecule has 3 N–H and O–H groups in total. The van der Waals surface area contributed by atoms with Crippen LogP contribution < -0.4 is 11.1 Å². The minimum Gasteiger partial charge on any atom is -0.338 e. The maximum absolute atomic E-state index is 11.4. The molecule has 1 aliphatic rings. The van der Waals surface area contributed by atoms with Crippen molar-refractivity contribution in [3.05, 3.63) is 0 Å². The normalized spacial score (nSPS) is 22.9. The molecule has 1 heterocycles. The summed E-state index contributed by atoms with van der Waals surface area (Å²) in [6.07, 6.45) is 2.24. The summed E-state index contributed by atoms with van der Waals surface area (Å²) >= 11 is 0. The van der Waals surface area contributed by atoms with Gasteiger partial charge in [0.05, 0.1) is 0 Å². The number of amides is 2. The van der Waals surface area contributed by atoms with E-state index in [1.165, 1.54) is 0 Å². The fourth-order valence-electron chi connectivity index (χ4n) is 1.70. The van der Waals surface area contributed by atoms with Crippen LogP contribution in [-0.4, -0.2) is 37.1 Å². The maximum atomic E-state index is 11.4. The van der Waals surface area contributed by atoms with Crippen molar-refractivity contribution in [2.24, 2.45) is 11.7 Å². The van der Waals surface area contributed by atoms with Gasteiger partial charge in [-0.15, -0.1) is 0 Å². The first-order valence-corrected chi connectivity index (χ1v) is 5.00. The zero-order valence-electron chi connectivity index (χ0n) is 8.25. The Morgan fingerprint density at radius 3 is 3.08 bits per heavy atom. The van der Waals surface area contributed by atoms with Crippen LogP contribution in [0.25, 0.3) is 0 Å². The summed E-state index contributed by atoms with van der Waals surface area (Å²) in [5.74, 6) is 0.497. The van der Waals surface area contributed by atoms with Crippen molar-refractivity contribution < 1.29 is 4.79 Å². The van der Waals surface area contributed by atoms with Crippen LogP contribution in [0.1, 0.15) is 19.8 Å². The largest absolute Gasteiger partial charge is 0.338 e. The number of rotatable bonds is 2. The molecule has 1 saturated heterocycles.